The molecule has 20 heavy (non-hydrogen) atoms. The van der Waals surface area contributed by atoms with E-state index in [0.717, 1.165) is 32.8 Å². The van der Waals surface area contributed by atoms with E-state index in [9.17, 15) is 4.79 Å². The van der Waals surface area contributed by atoms with Crippen LogP contribution in [0.5, 0.6) is 0 Å². The fourth-order valence-electron chi connectivity index (χ4n) is 2.02. The molecule has 1 atom stereocenters. The van der Waals surface area contributed by atoms with Gasteiger partial charge in [0.15, 0.2) is 0 Å². The van der Waals surface area contributed by atoms with Gasteiger partial charge in [-0.05, 0) is 31.2 Å². The van der Waals surface area contributed by atoms with Crippen molar-refractivity contribution in [2.24, 2.45) is 0 Å². The smallest absolute Gasteiger partial charge is 0.338 e. The van der Waals surface area contributed by atoms with Gasteiger partial charge >= 0.3 is 5.97 Å². The van der Waals surface area contributed by atoms with Crippen molar-refractivity contribution in [2.75, 3.05) is 32.8 Å². The molecule has 1 heterocycles. The molecule has 0 N–H and O–H groups in total. The third kappa shape index (κ3) is 5.29. The molecule has 1 unspecified atom stereocenters. The van der Waals surface area contributed by atoms with E-state index in [1.54, 1.807) is 24.3 Å². The minimum Gasteiger partial charge on any atom is -1.00 e. The van der Waals surface area contributed by atoms with Gasteiger partial charge in [-0.2, -0.15) is 0 Å². The number of nitrogens with zero attached hydrogens (tertiary/aromatic N) is 1. The van der Waals surface area contributed by atoms with Crippen LogP contribution in [0.3, 0.4) is 0 Å². The number of benzene rings is 1. The molecule has 0 spiro atoms. The molecular formula is C14H18Cl2NO3-. The molecule has 1 fully saturated rings. The summed E-state index contributed by atoms with van der Waals surface area (Å²) in [6.45, 7) is 5.92. The van der Waals surface area contributed by atoms with Crippen molar-refractivity contribution < 1.29 is 26.7 Å². The molecular weight excluding hydrogens is 301 g/mol. The Morgan fingerprint density at radius 3 is 2.55 bits per heavy atom. The highest BCUT2D eigenvalue weighted by molar-refractivity contribution is 6.30. The first kappa shape index (κ1) is 17.2. The molecule has 1 aromatic carbocycles. The lowest BCUT2D eigenvalue weighted by atomic mass is 10.2. The van der Waals surface area contributed by atoms with Crippen LogP contribution in [0.25, 0.3) is 0 Å². The molecule has 1 aromatic rings. The van der Waals surface area contributed by atoms with Crippen LogP contribution >= 0.6 is 11.6 Å². The molecule has 0 aromatic heterocycles. The lowest BCUT2D eigenvalue weighted by molar-refractivity contribution is -0.000646. The summed E-state index contributed by atoms with van der Waals surface area (Å²) >= 11 is 5.78. The van der Waals surface area contributed by atoms with Gasteiger partial charge in [0.05, 0.1) is 18.8 Å². The zero-order chi connectivity index (χ0) is 13.7. The van der Waals surface area contributed by atoms with Crippen molar-refractivity contribution in [3.8, 4) is 0 Å². The van der Waals surface area contributed by atoms with E-state index in [1.807, 2.05) is 6.92 Å². The van der Waals surface area contributed by atoms with Crippen LogP contribution in [0.4, 0.5) is 0 Å². The Bertz CT molecular complexity index is 419. The van der Waals surface area contributed by atoms with Gasteiger partial charge in [-0.15, -0.1) is 0 Å². The number of hydrogen-bond acceptors (Lipinski definition) is 4. The molecule has 0 amide bonds. The van der Waals surface area contributed by atoms with E-state index < -0.39 is 0 Å². The maximum atomic E-state index is 11.9. The predicted molar refractivity (Wildman–Crippen MR) is 73.6 cm³/mol. The molecule has 4 nitrogen and oxygen atoms in total. The monoisotopic (exact) mass is 318 g/mol. The molecule has 1 aliphatic heterocycles. The number of carbonyl (C=O) groups excluding carboxylic acids is 1. The van der Waals surface area contributed by atoms with Crippen molar-refractivity contribution in [3.05, 3.63) is 34.9 Å². The summed E-state index contributed by atoms with van der Waals surface area (Å²) in [4.78, 5) is 14.1. The highest BCUT2D eigenvalue weighted by Gasteiger charge is 2.17. The second kappa shape index (κ2) is 8.47. The fraction of sp³-hybridized carbons (Fsp3) is 0.500. The summed E-state index contributed by atoms with van der Waals surface area (Å²) in [6.07, 6.45) is -0.138. The molecule has 6 heteroatoms. The van der Waals surface area contributed by atoms with E-state index in [-0.39, 0.29) is 24.5 Å². The third-order valence-electron chi connectivity index (χ3n) is 3.01. The largest absolute Gasteiger partial charge is 1.00 e. The van der Waals surface area contributed by atoms with E-state index in [1.165, 1.54) is 0 Å². The Hall–Kier alpha value is -0.810. The number of rotatable bonds is 4. The highest BCUT2D eigenvalue weighted by Crippen LogP contribution is 2.11. The number of hydrogen-bond donors (Lipinski definition) is 0. The molecule has 112 valence electrons. The van der Waals surface area contributed by atoms with Crippen LogP contribution in [0.1, 0.15) is 17.3 Å². The van der Waals surface area contributed by atoms with Gasteiger partial charge in [-0.25, -0.2) is 4.79 Å². The van der Waals surface area contributed by atoms with Crippen LogP contribution in [0.2, 0.25) is 5.02 Å². The number of morpholine rings is 1. The zero-order valence-electron chi connectivity index (χ0n) is 11.4. The quantitative estimate of drug-likeness (QED) is 0.683. The van der Waals surface area contributed by atoms with Crippen molar-refractivity contribution in [3.63, 3.8) is 0 Å². The van der Waals surface area contributed by atoms with Crippen molar-refractivity contribution in [1.29, 1.82) is 0 Å². The van der Waals surface area contributed by atoms with Crippen LogP contribution in [0.15, 0.2) is 24.3 Å². The average molecular weight is 319 g/mol. The summed E-state index contributed by atoms with van der Waals surface area (Å²) in [5.74, 6) is -0.308. The van der Waals surface area contributed by atoms with Crippen molar-refractivity contribution in [2.45, 2.75) is 13.0 Å². The third-order valence-corrected chi connectivity index (χ3v) is 3.26. The normalized spacial score (nSPS) is 17.1. The van der Waals surface area contributed by atoms with Gasteiger partial charge < -0.3 is 21.9 Å². The summed E-state index contributed by atoms with van der Waals surface area (Å²) < 4.78 is 10.7. The zero-order valence-corrected chi connectivity index (χ0v) is 12.9. The second-order valence-electron chi connectivity index (χ2n) is 4.64. The number of ether oxygens (including phenoxy) is 2. The Morgan fingerprint density at radius 2 is 1.95 bits per heavy atom. The summed E-state index contributed by atoms with van der Waals surface area (Å²) in [5, 5.41) is 0.609. The lowest BCUT2D eigenvalue weighted by Crippen LogP contribution is -3.00. The van der Waals surface area contributed by atoms with Crippen molar-refractivity contribution in [1.82, 2.24) is 4.90 Å². The summed E-state index contributed by atoms with van der Waals surface area (Å²) in [5.41, 5.74) is 0.526. The Balaban J connectivity index is 0.00000200. The van der Waals surface area contributed by atoms with Gasteiger partial charge in [0, 0.05) is 24.7 Å². The van der Waals surface area contributed by atoms with Crippen molar-refractivity contribution >= 4 is 17.6 Å². The highest BCUT2D eigenvalue weighted by atomic mass is 35.5. The van der Waals surface area contributed by atoms with E-state index >= 15 is 0 Å². The first-order valence-corrected chi connectivity index (χ1v) is 6.79. The maximum Gasteiger partial charge on any atom is 0.338 e. The minimum absolute atomic E-state index is 0. The average Bonchev–Trinajstić information content (AvgIpc) is 2.40. The first-order valence-electron chi connectivity index (χ1n) is 6.42. The van der Waals surface area contributed by atoms with Crippen LogP contribution in [-0.4, -0.2) is 49.8 Å². The Kier molecular flexibility index (Phi) is 7.30. The minimum atomic E-state index is -0.308. The topological polar surface area (TPSA) is 38.8 Å². The number of esters is 1. The molecule has 0 saturated carbocycles. The van der Waals surface area contributed by atoms with E-state index in [2.05, 4.69) is 4.90 Å². The molecule has 0 aliphatic carbocycles. The number of carbonyl (C=O) groups is 1. The van der Waals surface area contributed by atoms with Crippen LogP contribution < -0.4 is 12.4 Å². The SMILES string of the molecule is CC(CN1CCOCC1)OC(=O)c1ccc(Cl)cc1.[Cl-]. The maximum absolute atomic E-state index is 11.9. The van der Waals surface area contributed by atoms with Crippen LogP contribution in [0, 0.1) is 0 Å². The second-order valence-corrected chi connectivity index (χ2v) is 5.07. The van der Waals surface area contributed by atoms with Gasteiger partial charge in [0.1, 0.15) is 6.10 Å². The van der Waals surface area contributed by atoms with E-state index in [4.69, 9.17) is 21.1 Å². The van der Waals surface area contributed by atoms with Gasteiger partial charge in [0.2, 0.25) is 0 Å². The molecule has 2 rings (SSSR count). The first-order chi connectivity index (χ1) is 9.15. The van der Waals surface area contributed by atoms with Gasteiger partial charge in [0.25, 0.3) is 0 Å². The van der Waals surface area contributed by atoms with Gasteiger partial charge in [-0.1, -0.05) is 11.6 Å². The molecule has 1 saturated heterocycles. The standard InChI is InChI=1S/C14H18ClNO3.ClH/c1-11(10-16-6-8-18-9-7-16)19-14(17)12-2-4-13(15)5-3-12;/h2-5,11H,6-10H2,1H3;1H/p-1. The van der Waals surface area contributed by atoms with Gasteiger partial charge in [-0.3, -0.25) is 4.90 Å². The molecule has 0 radical (unpaired) electrons. The molecule has 0 bridgehead atoms. The number of halogens is 2. The van der Waals surface area contributed by atoms with E-state index in [0.29, 0.717) is 10.6 Å². The summed E-state index contributed by atoms with van der Waals surface area (Å²) in [7, 11) is 0. The predicted octanol–water partition coefficient (Wildman–Crippen LogP) is -0.778. The lowest BCUT2D eigenvalue weighted by Gasteiger charge is -2.28. The molecule has 1 aliphatic rings. The Labute approximate surface area is 130 Å². The fourth-order valence-corrected chi connectivity index (χ4v) is 2.15. The summed E-state index contributed by atoms with van der Waals surface area (Å²) in [6, 6.07) is 6.72. The van der Waals surface area contributed by atoms with Crippen LogP contribution in [-0.2, 0) is 9.47 Å². The Morgan fingerprint density at radius 1 is 1.35 bits per heavy atom.